The molecule has 26 heavy (non-hydrogen) atoms. The number of rotatable bonds is 5. The van der Waals surface area contributed by atoms with E-state index >= 15 is 0 Å². The largest absolute Gasteiger partial charge is 0.463 e. The van der Waals surface area contributed by atoms with Crippen molar-refractivity contribution < 1.29 is 4.42 Å². The summed E-state index contributed by atoms with van der Waals surface area (Å²) >= 11 is 5.24. The Kier molecular flexibility index (Phi) is 4.32. The molecule has 0 saturated carbocycles. The predicted octanol–water partition coefficient (Wildman–Crippen LogP) is 3.83. The molecule has 0 saturated heterocycles. The van der Waals surface area contributed by atoms with Crippen molar-refractivity contribution >= 4 is 18.4 Å². The predicted molar refractivity (Wildman–Crippen MR) is 101 cm³/mol. The minimum atomic E-state index is 0.452. The Labute approximate surface area is 154 Å². The molecule has 0 aliphatic rings. The third kappa shape index (κ3) is 3.02. The van der Waals surface area contributed by atoms with E-state index in [1.165, 1.54) is 0 Å². The standard InChI is InChI=1S/C18H16N6OS/c1-2-16-20-21-18(26)24(16)19-11-13-12-23(14-7-4-3-5-8-14)22-17(13)15-9-6-10-25-15/h3-12H,2H2,1H3,(H,21,26)/b19-11-. The monoisotopic (exact) mass is 364 g/mol. The molecule has 1 N–H and O–H groups in total. The van der Waals surface area contributed by atoms with Gasteiger partial charge in [0.1, 0.15) is 5.69 Å². The average Bonchev–Trinajstić information content (AvgIpc) is 3.40. The van der Waals surface area contributed by atoms with Gasteiger partial charge in [0.25, 0.3) is 0 Å². The van der Waals surface area contributed by atoms with Crippen molar-refractivity contribution in [3.63, 3.8) is 0 Å². The molecule has 0 aliphatic carbocycles. The molecular formula is C18H16N6OS. The summed E-state index contributed by atoms with van der Waals surface area (Å²) < 4.78 is 9.40. The summed E-state index contributed by atoms with van der Waals surface area (Å²) in [4.78, 5) is 0. The molecule has 3 aromatic heterocycles. The molecule has 0 fully saturated rings. The van der Waals surface area contributed by atoms with Crippen molar-refractivity contribution in [1.29, 1.82) is 0 Å². The number of nitrogens with one attached hydrogen (secondary N) is 1. The van der Waals surface area contributed by atoms with E-state index < -0.39 is 0 Å². The first kappa shape index (κ1) is 16.2. The third-order valence-electron chi connectivity index (χ3n) is 3.86. The fourth-order valence-corrected chi connectivity index (χ4v) is 2.79. The number of hydrogen-bond acceptors (Lipinski definition) is 5. The van der Waals surface area contributed by atoms with Crippen LogP contribution >= 0.6 is 12.2 Å². The molecular weight excluding hydrogens is 348 g/mol. The molecule has 0 atom stereocenters. The fraction of sp³-hybridized carbons (Fsp3) is 0.111. The number of H-pyrrole nitrogens is 1. The zero-order chi connectivity index (χ0) is 17.9. The Morgan fingerprint density at radius 2 is 2.08 bits per heavy atom. The van der Waals surface area contributed by atoms with Crippen molar-refractivity contribution in [2.24, 2.45) is 5.10 Å². The van der Waals surface area contributed by atoms with Crippen LogP contribution in [-0.4, -0.2) is 30.9 Å². The molecule has 130 valence electrons. The first-order chi connectivity index (χ1) is 12.8. The number of furan rings is 1. The lowest BCUT2D eigenvalue weighted by Gasteiger charge is -1.98. The Balaban J connectivity index is 1.79. The lowest BCUT2D eigenvalue weighted by atomic mass is 10.2. The summed E-state index contributed by atoms with van der Waals surface area (Å²) in [5.74, 6) is 1.44. The quantitative estimate of drug-likeness (QED) is 0.431. The van der Waals surface area contributed by atoms with E-state index in [9.17, 15) is 0 Å². The number of hydrogen-bond donors (Lipinski definition) is 1. The molecule has 0 unspecified atom stereocenters. The summed E-state index contributed by atoms with van der Waals surface area (Å²) in [6.07, 6.45) is 5.97. The number of aromatic nitrogens is 5. The number of aromatic amines is 1. The Bertz CT molecular complexity index is 1090. The molecule has 0 spiro atoms. The lowest BCUT2D eigenvalue weighted by molar-refractivity contribution is 0.579. The van der Waals surface area contributed by atoms with E-state index in [1.807, 2.05) is 55.6 Å². The maximum absolute atomic E-state index is 5.53. The van der Waals surface area contributed by atoms with Gasteiger partial charge in [0, 0.05) is 18.2 Å². The van der Waals surface area contributed by atoms with Gasteiger partial charge in [-0.15, -0.1) is 0 Å². The molecule has 0 aliphatic heterocycles. The summed E-state index contributed by atoms with van der Waals surface area (Å²) in [5, 5.41) is 16.1. The third-order valence-corrected chi connectivity index (χ3v) is 4.13. The average molecular weight is 364 g/mol. The van der Waals surface area contributed by atoms with Gasteiger partial charge in [0.15, 0.2) is 11.6 Å². The molecule has 4 rings (SSSR count). The minimum Gasteiger partial charge on any atom is -0.463 e. The van der Waals surface area contributed by atoms with E-state index in [-0.39, 0.29) is 0 Å². The van der Waals surface area contributed by atoms with Crippen LogP contribution in [0.3, 0.4) is 0 Å². The number of para-hydroxylation sites is 1. The Hall–Kier alpha value is -3.26. The van der Waals surface area contributed by atoms with Gasteiger partial charge in [-0.1, -0.05) is 25.1 Å². The highest BCUT2D eigenvalue weighted by atomic mass is 32.1. The van der Waals surface area contributed by atoms with Gasteiger partial charge in [-0.2, -0.15) is 20.0 Å². The fourth-order valence-electron chi connectivity index (χ4n) is 2.59. The molecule has 0 bridgehead atoms. The van der Waals surface area contributed by atoms with E-state index in [2.05, 4.69) is 20.4 Å². The van der Waals surface area contributed by atoms with Gasteiger partial charge in [0.2, 0.25) is 4.77 Å². The first-order valence-electron chi connectivity index (χ1n) is 8.16. The highest BCUT2D eigenvalue weighted by Gasteiger charge is 2.13. The van der Waals surface area contributed by atoms with E-state index in [0.717, 1.165) is 23.5 Å². The van der Waals surface area contributed by atoms with Crippen molar-refractivity contribution in [3.05, 3.63) is 71.1 Å². The van der Waals surface area contributed by atoms with Crippen LogP contribution in [0.1, 0.15) is 18.3 Å². The van der Waals surface area contributed by atoms with E-state index in [0.29, 0.717) is 16.2 Å². The summed E-state index contributed by atoms with van der Waals surface area (Å²) in [5.41, 5.74) is 2.47. The van der Waals surface area contributed by atoms with Crippen LogP contribution in [0.15, 0.2) is 64.4 Å². The van der Waals surface area contributed by atoms with Crippen LogP contribution in [0, 0.1) is 4.77 Å². The highest BCUT2D eigenvalue weighted by Crippen LogP contribution is 2.23. The maximum Gasteiger partial charge on any atom is 0.216 e. The van der Waals surface area contributed by atoms with Crippen LogP contribution in [-0.2, 0) is 6.42 Å². The first-order valence-corrected chi connectivity index (χ1v) is 8.56. The van der Waals surface area contributed by atoms with E-state index in [4.69, 9.17) is 16.6 Å². The van der Waals surface area contributed by atoms with Crippen molar-refractivity contribution in [2.45, 2.75) is 13.3 Å². The molecule has 0 radical (unpaired) electrons. The van der Waals surface area contributed by atoms with Gasteiger partial charge in [0.05, 0.1) is 18.2 Å². The smallest absolute Gasteiger partial charge is 0.216 e. The van der Waals surface area contributed by atoms with Crippen molar-refractivity contribution in [1.82, 2.24) is 24.7 Å². The van der Waals surface area contributed by atoms with Gasteiger partial charge in [-0.05, 0) is 36.5 Å². The SMILES string of the molecule is CCc1n[nH]c(=S)n1/N=C\c1cn(-c2ccccc2)nc1-c1ccco1. The van der Waals surface area contributed by atoms with Gasteiger partial charge in [-0.3, -0.25) is 5.10 Å². The van der Waals surface area contributed by atoms with Gasteiger partial charge >= 0.3 is 0 Å². The van der Waals surface area contributed by atoms with Crippen LogP contribution in [0.4, 0.5) is 0 Å². The van der Waals surface area contributed by atoms with Crippen LogP contribution in [0.2, 0.25) is 0 Å². The van der Waals surface area contributed by atoms with Crippen LogP contribution < -0.4 is 0 Å². The maximum atomic E-state index is 5.53. The second-order valence-electron chi connectivity index (χ2n) is 5.55. The summed E-state index contributed by atoms with van der Waals surface area (Å²) in [6, 6.07) is 13.6. The van der Waals surface area contributed by atoms with Crippen molar-refractivity contribution in [3.8, 4) is 17.1 Å². The lowest BCUT2D eigenvalue weighted by Crippen LogP contribution is -1.97. The Morgan fingerprint density at radius 1 is 1.23 bits per heavy atom. The zero-order valence-electron chi connectivity index (χ0n) is 14.0. The van der Waals surface area contributed by atoms with Crippen LogP contribution in [0.25, 0.3) is 17.1 Å². The van der Waals surface area contributed by atoms with E-state index in [1.54, 1.807) is 21.8 Å². The number of nitrogens with zero attached hydrogens (tertiary/aromatic N) is 5. The molecule has 7 nitrogen and oxygen atoms in total. The van der Waals surface area contributed by atoms with Crippen molar-refractivity contribution in [2.75, 3.05) is 0 Å². The number of benzene rings is 1. The summed E-state index contributed by atoms with van der Waals surface area (Å²) in [7, 11) is 0. The van der Waals surface area contributed by atoms with Gasteiger partial charge < -0.3 is 4.42 Å². The minimum absolute atomic E-state index is 0.452. The van der Waals surface area contributed by atoms with Crippen LogP contribution in [0.5, 0.6) is 0 Å². The normalized spacial score (nSPS) is 11.4. The molecule has 4 aromatic rings. The number of aryl methyl sites for hydroxylation is 1. The summed E-state index contributed by atoms with van der Waals surface area (Å²) in [6.45, 7) is 2.00. The molecule has 8 heteroatoms. The zero-order valence-corrected chi connectivity index (χ0v) is 14.8. The second kappa shape index (κ2) is 6.93. The second-order valence-corrected chi connectivity index (χ2v) is 5.93. The molecule has 3 heterocycles. The molecule has 1 aromatic carbocycles. The topological polar surface area (TPSA) is 76.9 Å². The molecule has 0 amide bonds. The highest BCUT2D eigenvalue weighted by molar-refractivity contribution is 7.71. The Morgan fingerprint density at radius 3 is 2.81 bits per heavy atom. The van der Waals surface area contributed by atoms with Gasteiger partial charge in [-0.25, -0.2) is 4.68 Å².